The van der Waals surface area contributed by atoms with E-state index in [0.29, 0.717) is 13.1 Å². The molecule has 0 unspecified atom stereocenters. The van der Waals surface area contributed by atoms with Crippen molar-refractivity contribution in [1.82, 2.24) is 19.8 Å². The first-order valence-electron chi connectivity index (χ1n) is 7.33. The van der Waals surface area contributed by atoms with Crippen molar-refractivity contribution in [3.63, 3.8) is 0 Å². The highest BCUT2D eigenvalue weighted by Gasteiger charge is 2.34. The average molecular weight is 326 g/mol. The predicted molar refractivity (Wildman–Crippen MR) is 80.1 cm³/mol. The van der Waals surface area contributed by atoms with Gasteiger partial charge in [0.1, 0.15) is 0 Å². The second kappa shape index (κ2) is 5.93. The number of rotatable bonds is 2. The van der Waals surface area contributed by atoms with Crippen LogP contribution in [0.4, 0.5) is 13.2 Å². The highest BCUT2D eigenvalue weighted by atomic mass is 19.4. The van der Waals surface area contributed by atoms with E-state index in [0.717, 1.165) is 19.2 Å². The molecule has 0 radical (unpaired) electrons. The summed E-state index contributed by atoms with van der Waals surface area (Å²) in [5.74, 6) is 0. The number of hydrogen-bond donors (Lipinski definition) is 1. The number of nitrogens with zero attached hydrogens (tertiary/aromatic N) is 3. The lowest BCUT2D eigenvalue weighted by molar-refractivity contribution is -0.138. The number of halogens is 3. The van der Waals surface area contributed by atoms with Crippen LogP contribution < -0.4 is 5.56 Å². The molecular formula is C15H17F3N4O. The number of aromatic nitrogens is 2. The molecule has 124 valence electrons. The normalized spacial score (nSPS) is 17.7. The van der Waals surface area contributed by atoms with Crippen molar-refractivity contribution in [1.29, 1.82) is 0 Å². The number of H-pyrrole nitrogens is 1. The molecule has 0 bridgehead atoms. The van der Waals surface area contributed by atoms with Crippen LogP contribution in [0, 0.1) is 0 Å². The van der Waals surface area contributed by atoms with E-state index < -0.39 is 17.3 Å². The number of benzene rings is 1. The van der Waals surface area contributed by atoms with E-state index in [1.165, 1.54) is 12.4 Å². The van der Waals surface area contributed by atoms with Gasteiger partial charge in [0.05, 0.1) is 22.8 Å². The van der Waals surface area contributed by atoms with E-state index in [-0.39, 0.29) is 23.0 Å². The van der Waals surface area contributed by atoms with Crippen molar-refractivity contribution in [2.45, 2.75) is 12.7 Å². The number of likely N-dealkylation sites (N-methyl/N-ethyl adjacent to an activating group) is 1. The Kier molecular flexibility index (Phi) is 4.11. The molecule has 1 aromatic heterocycles. The Morgan fingerprint density at radius 3 is 2.57 bits per heavy atom. The summed E-state index contributed by atoms with van der Waals surface area (Å²) in [6.45, 7) is 3.29. The van der Waals surface area contributed by atoms with Gasteiger partial charge >= 0.3 is 6.18 Å². The fraction of sp³-hybridized carbons (Fsp3) is 0.467. The summed E-state index contributed by atoms with van der Waals surface area (Å²) in [7, 11) is 1.99. The quantitative estimate of drug-likeness (QED) is 0.912. The standard InChI is InChI=1S/C15H17F3N4O/c1-21-2-4-22(5-3-21)8-10-6-13-11(14(23)20-9-19-13)7-12(10)15(16,17)18/h6-7,9H,2-5,8H2,1H3,(H,19,20,23). The third-order valence-corrected chi connectivity index (χ3v) is 4.16. The zero-order valence-electron chi connectivity index (χ0n) is 12.7. The van der Waals surface area contributed by atoms with E-state index in [1.54, 1.807) is 0 Å². The molecule has 0 amide bonds. The third-order valence-electron chi connectivity index (χ3n) is 4.16. The first kappa shape index (κ1) is 15.9. The molecule has 23 heavy (non-hydrogen) atoms. The van der Waals surface area contributed by atoms with E-state index in [9.17, 15) is 18.0 Å². The Morgan fingerprint density at radius 2 is 1.91 bits per heavy atom. The van der Waals surface area contributed by atoms with Crippen molar-refractivity contribution in [2.24, 2.45) is 0 Å². The third kappa shape index (κ3) is 3.37. The van der Waals surface area contributed by atoms with Gasteiger partial charge < -0.3 is 9.88 Å². The van der Waals surface area contributed by atoms with E-state index in [1.807, 2.05) is 11.9 Å². The zero-order chi connectivity index (χ0) is 16.6. The summed E-state index contributed by atoms with van der Waals surface area (Å²) in [5.41, 5.74) is -0.882. The molecule has 2 heterocycles. The monoisotopic (exact) mass is 326 g/mol. The van der Waals surface area contributed by atoms with Crippen LogP contribution >= 0.6 is 0 Å². The smallest absolute Gasteiger partial charge is 0.313 e. The van der Waals surface area contributed by atoms with E-state index in [2.05, 4.69) is 14.9 Å². The molecule has 1 aliphatic rings. The van der Waals surface area contributed by atoms with E-state index in [4.69, 9.17) is 0 Å². The van der Waals surface area contributed by atoms with Gasteiger partial charge in [-0.15, -0.1) is 0 Å². The molecule has 1 fully saturated rings. The minimum absolute atomic E-state index is 0.0399. The highest BCUT2D eigenvalue weighted by molar-refractivity contribution is 5.79. The average Bonchev–Trinajstić information content (AvgIpc) is 2.48. The minimum atomic E-state index is -4.50. The van der Waals surface area contributed by atoms with Gasteiger partial charge in [-0.1, -0.05) is 0 Å². The van der Waals surface area contributed by atoms with Crippen molar-refractivity contribution in [3.8, 4) is 0 Å². The summed E-state index contributed by atoms with van der Waals surface area (Å²) in [6, 6.07) is 2.29. The molecule has 2 aromatic rings. The van der Waals surface area contributed by atoms with Crippen molar-refractivity contribution >= 4 is 10.9 Å². The number of fused-ring (bicyclic) bond motifs is 1. The minimum Gasteiger partial charge on any atom is -0.313 e. The second-order valence-electron chi connectivity index (χ2n) is 5.84. The fourth-order valence-corrected chi connectivity index (χ4v) is 2.80. The number of aromatic amines is 1. The number of piperazine rings is 1. The van der Waals surface area contributed by atoms with Crippen LogP contribution in [0.2, 0.25) is 0 Å². The first-order valence-corrected chi connectivity index (χ1v) is 7.33. The first-order chi connectivity index (χ1) is 10.8. The Labute approximate surface area is 130 Å². The fourth-order valence-electron chi connectivity index (χ4n) is 2.80. The van der Waals surface area contributed by atoms with Gasteiger partial charge in [0.25, 0.3) is 5.56 Å². The SMILES string of the molecule is CN1CCN(Cc2cc3nc[nH]c(=O)c3cc2C(F)(F)F)CC1. The maximum absolute atomic E-state index is 13.4. The molecule has 3 rings (SSSR count). The van der Waals surface area contributed by atoms with Crippen LogP contribution in [0.15, 0.2) is 23.3 Å². The van der Waals surface area contributed by atoms with Crippen molar-refractivity contribution in [3.05, 3.63) is 39.9 Å². The van der Waals surface area contributed by atoms with Crippen LogP contribution in [0.5, 0.6) is 0 Å². The molecule has 0 atom stereocenters. The van der Waals surface area contributed by atoms with Crippen LogP contribution in [0.3, 0.4) is 0 Å². The Morgan fingerprint density at radius 1 is 1.22 bits per heavy atom. The van der Waals surface area contributed by atoms with Crippen molar-refractivity contribution in [2.75, 3.05) is 33.2 Å². The molecule has 1 aromatic carbocycles. The molecular weight excluding hydrogens is 309 g/mol. The molecule has 1 aliphatic heterocycles. The molecule has 1 saturated heterocycles. The Bertz CT molecular complexity index is 763. The Hall–Kier alpha value is -1.93. The lowest BCUT2D eigenvalue weighted by Gasteiger charge is -2.32. The lowest BCUT2D eigenvalue weighted by atomic mass is 10.0. The van der Waals surface area contributed by atoms with Crippen molar-refractivity contribution < 1.29 is 13.2 Å². The van der Waals surface area contributed by atoms with Crippen LogP contribution in [-0.2, 0) is 12.7 Å². The molecule has 0 aliphatic carbocycles. The number of nitrogens with one attached hydrogen (secondary N) is 1. The molecule has 0 saturated carbocycles. The van der Waals surface area contributed by atoms with Gasteiger partial charge in [0.2, 0.25) is 0 Å². The Balaban J connectivity index is 2.02. The summed E-state index contributed by atoms with van der Waals surface area (Å²) >= 11 is 0. The summed E-state index contributed by atoms with van der Waals surface area (Å²) in [5, 5.41) is -0.0399. The largest absolute Gasteiger partial charge is 0.416 e. The number of alkyl halides is 3. The topological polar surface area (TPSA) is 52.2 Å². The van der Waals surface area contributed by atoms with Gasteiger partial charge in [-0.3, -0.25) is 9.69 Å². The second-order valence-corrected chi connectivity index (χ2v) is 5.84. The summed E-state index contributed by atoms with van der Waals surface area (Å²) < 4.78 is 40.1. The van der Waals surface area contributed by atoms with E-state index >= 15 is 0 Å². The molecule has 1 N–H and O–H groups in total. The predicted octanol–water partition coefficient (Wildman–Crippen LogP) is 1.69. The van der Waals surface area contributed by atoms with Crippen LogP contribution in [0.1, 0.15) is 11.1 Å². The lowest BCUT2D eigenvalue weighted by Crippen LogP contribution is -2.44. The highest BCUT2D eigenvalue weighted by Crippen LogP contribution is 2.34. The van der Waals surface area contributed by atoms with Crippen LogP contribution in [-0.4, -0.2) is 53.0 Å². The van der Waals surface area contributed by atoms with Gasteiger partial charge in [0, 0.05) is 32.7 Å². The van der Waals surface area contributed by atoms with Gasteiger partial charge in [-0.05, 0) is 24.7 Å². The maximum Gasteiger partial charge on any atom is 0.416 e. The number of hydrogen-bond acceptors (Lipinski definition) is 4. The molecule has 5 nitrogen and oxygen atoms in total. The molecule has 0 spiro atoms. The van der Waals surface area contributed by atoms with Crippen LogP contribution in [0.25, 0.3) is 10.9 Å². The van der Waals surface area contributed by atoms with Gasteiger partial charge in [-0.2, -0.15) is 13.2 Å². The van der Waals surface area contributed by atoms with Gasteiger partial charge in [-0.25, -0.2) is 4.98 Å². The summed E-state index contributed by atoms with van der Waals surface area (Å²) in [4.78, 5) is 22.1. The molecule has 8 heteroatoms. The van der Waals surface area contributed by atoms with Gasteiger partial charge in [0.15, 0.2) is 0 Å². The maximum atomic E-state index is 13.4. The summed E-state index contributed by atoms with van der Waals surface area (Å²) in [6.07, 6.45) is -3.30. The zero-order valence-corrected chi connectivity index (χ0v) is 12.7.